The molecule has 0 aromatic heterocycles. The third kappa shape index (κ3) is 3.41. The Labute approximate surface area is 97.8 Å². The van der Waals surface area contributed by atoms with E-state index in [1.165, 1.54) is 0 Å². The van der Waals surface area contributed by atoms with Crippen molar-refractivity contribution in [3.8, 4) is 0 Å². The van der Waals surface area contributed by atoms with Gasteiger partial charge in [0.15, 0.2) is 0 Å². The highest BCUT2D eigenvalue weighted by Gasteiger charge is 2.45. The molecule has 0 bridgehead atoms. The quantitative estimate of drug-likeness (QED) is 0.762. The molecule has 0 unspecified atom stereocenters. The molecule has 0 aromatic rings. The van der Waals surface area contributed by atoms with E-state index in [1.54, 1.807) is 0 Å². The molecular formula is C10H21NO4S. The Morgan fingerprint density at radius 2 is 1.88 bits per heavy atom. The lowest BCUT2D eigenvalue weighted by Gasteiger charge is -2.44. The number of hydrogen-bond donors (Lipinski definition) is 1. The molecule has 1 N–H and O–H groups in total. The Morgan fingerprint density at radius 3 is 2.19 bits per heavy atom. The van der Waals surface area contributed by atoms with Gasteiger partial charge in [-0.05, 0) is 11.8 Å². The number of rotatable bonds is 6. The Bertz CT molecular complexity index is 320. The summed E-state index contributed by atoms with van der Waals surface area (Å²) >= 11 is 0. The zero-order valence-corrected chi connectivity index (χ0v) is 11.1. The van der Waals surface area contributed by atoms with Crippen molar-refractivity contribution < 1.29 is 17.3 Å². The van der Waals surface area contributed by atoms with E-state index in [9.17, 15) is 8.42 Å². The van der Waals surface area contributed by atoms with E-state index in [4.69, 9.17) is 8.92 Å². The number of ether oxygens (including phenoxy) is 1. The van der Waals surface area contributed by atoms with Gasteiger partial charge in [-0.25, -0.2) is 0 Å². The second-order valence-corrected chi connectivity index (χ2v) is 6.39. The summed E-state index contributed by atoms with van der Waals surface area (Å²) in [7, 11) is -3.67. The SMILES string of the molecule is CC(C)COS(=O)(=O)NC1(C(C)C)COC1. The summed E-state index contributed by atoms with van der Waals surface area (Å²) in [5, 5.41) is 0. The van der Waals surface area contributed by atoms with Crippen LogP contribution in [0.25, 0.3) is 0 Å². The molecule has 6 heteroatoms. The van der Waals surface area contributed by atoms with Crippen molar-refractivity contribution in [1.29, 1.82) is 0 Å². The second-order valence-electron chi connectivity index (χ2n) is 5.04. The maximum absolute atomic E-state index is 11.7. The summed E-state index contributed by atoms with van der Waals surface area (Å²) in [5.74, 6) is 0.364. The van der Waals surface area contributed by atoms with Crippen LogP contribution in [0.1, 0.15) is 27.7 Å². The van der Waals surface area contributed by atoms with Gasteiger partial charge in [0.25, 0.3) is 0 Å². The Kier molecular flexibility index (Phi) is 4.34. The molecule has 1 saturated heterocycles. The Morgan fingerprint density at radius 1 is 1.31 bits per heavy atom. The van der Waals surface area contributed by atoms with Crippen molar-refractivity contribution in [2.24, 2.45) is 11.8 Å². The molecule has 0 radical (unpaired) electrons. The molecule has 1 aliphatic rings. The summed E-state index contributed by atoms with van der Waals surface area (Å²) in [5.41, 5.74) is -0.490. The molecule has 16 heavy (non-hydrogen) atoms. The molecule has 0 atom stereocenters. The highest BCUT2D eigenvalue weighted by atomic mass is 32.2. The third-order valence-corrected chi connectivity index (χ3v) is 3.81. The normalized spacial score (nSPS) is 20.1. The van der Waals surface area contributed by atoms with Gasteiger partial charge in [0.1, 0.15) is 0 Å². The molecule has 1 aliphatic heterocycles. The first-order valence-corrected chi connectivity index (χ1v) is 6.94. The van der Waals surface area contributed by atoms with Gasteiger partial charge in [0.05, 0.1) is 25.4 Å². The first kappa shape index (κ1) is 13.9. The van der Waals surface area contributed by atoms with E-state index in [2.05, 4.69) is 4.72 Å². The average molecular weight is 251 g/mol. The topological polar surface area (TPSA) is 64.6 Å². The van der Waals surface area contributed by atoms with Crippen LogP contribution in [-0.4, -0.2) is 33.8 Å². The predicted octanol–water partition coefficient (Wildman–Crippen LogP) is 0.918. The molecular weight excluding hydrogens is 230 g/mol. The van der Waals surface area contributed by atoms with Crippen molar-refractivity contribution in [3.63, 3.8) is 0 Å². The van der Waals surface area contributed by atoms with Crippen LogP contribution < -0.4 is 4.72 Å². The van der Waals surface area contributed by atoms with Crippen molar-refractivity contribution in [2.75, 3.05) is 19.8 Å². The van der Waals surface area contributed by atoms with Crippen molar-refractivity contribution in [2.45, 2.75) is 33.2 Å². The first-order valence-electron chi connectivity index (χ1n) is 5.53. The number of hydrogen-bond acceptors (Lipinski definition) is 4. The van der Waals surface area contributed by atoms with Gasteiger partial charge in [-0.15, -0.1) is 0 Å². The second kappa shape index (κ2) is 5.00. The summed E-state index contributed by atoms with van der Waals surface area (Å²) in [6.07, 6.45) is 0. The van der Waals surface area contributed by atoms with Gasteiger partial charge in [0, 0.05) is 0 Å². The molecule has 5 nitrogen and oxygen atoms in total. The Hall–Kier alpha value is -0.170. The van der Waals surface area contributed by atoms with E-state index in [-0.39, 0.29) is 18.4 Å². The molecule has 0 aliphatic carbocycles. The van der Waals surface area contributed by atoms with Gasteiger partial charge < -0.3 is 4.74 Å². The van der Waals surface area contributed by atoms with Gasteiger partial charge in [-0.1, -0.05) is 27.7 Å². The fourth-order valence-electron chi connectivity index (χ4n) is 1.34. The largest absolute Gasteiger partial charge is 0.377 e. The minimum atomic E-state index is -3.67. The summed E-state index contributed by atoms with van der Waals surface area (Å²) in [6.45, 7) is 8.76. The summed E-state index contributed by atoms with van der Waals surface area (Å²) in [4.78, 5) is 0. The number of nitrogens with one attached hydrogen (secondary N) is 1. The lowest BCUT2D eigenvalue weighted by Crippen LogP contribution is -2.65. The Balaban J connectivity index is 2.57. The fraction of sp³-hybridized carbons (Fsp3) is 1.00. The molecule has 0 saturated carbocycles. The molecule has 0 amide bonds. The monoisotopic (exact) mass is 251 g/mol. The molecule has 0 aromatic carbocycles. The van der Waals surface area contributed by atoms with Crippen LogP contribution >= 0.6 is 0 Å². The van der Waals surface area contributed by atoms with Crippen molar-refractivity contribution in [1.82, 2.24) is 4.72 Å². The van der Waals surface area contributed by atoms with Crippen LogP contribution in [0.4, 0.5) is 0 Å². The molecule has 1 heterocycles. The van der Waals surface area contributed by atoms with Crippen LogP contribution in [0.2, 0.25) is 0 Å². The van der Waals surface area contributed by atoms with Crippen LogP contribution in [0, 0.1) is 11.8 Å². The highest BCUT2D eigenvalue weighted by Crippen LogP contribution is 2.27. The average Bonchev–Trinajstić information content (AvgIpc) is 2.08. The van der Waals surface area contributed by atoms with Crippen molar-refractivity contribution in [3.05, 3.63) is 0 Å². The minimum absolute atomic E-state index is 0.179. The van der Waals surface area contributed by atoms with Gasteiger partial charge >= 0.3 is 10.3 Å². The van der Waals surface area contributed by atoms with E-state index in [0.29, 0.717) is 13.2 Å². The van der Waals surface area contributed by atoms with Crippen molar-refractivity contribution >= 4 is 10.3 Å². The lowest BCUT2D eigenvalue weighted by molar-refractivity contribution is -0.0867. The maximum atomic E-state index is 11.7. The van der Waals surface area contributed by atoms with Gasteiger partial charge in [0.2, 0.25) is 0 Å². The van der Waals surface area contributed by atoms with Crippen LogP contribution in [0.15, 0.2) is 0 Å². The van der Waals surface area contributed by atoms with E-state index in [1.807, 2.05) is 27.7 Å². The van der Waals surface area contributed by atoms with Crippen LogP contribution in [0.5, 0.6) is 0 Å². The molecule has 0 spiro atoms. The van der Waals surface area contributed by atoms with E-state index < -0.39 is 15.8 Å². The smallest absolute Gasteiger partial charge is 0.336 e. The van der Waals surface area contributed by atoms with Crippen LogP contribution in [0.3, 0.4) is 0 Å². The van der Waals surface area contributed by atoms with Gasteiger partial charge in [-0.3, -0.25) is 4.18 Å². The van der Waals surface area contributed by atoms with E-state index in [0.717, 1.165) is 0 Å². The minimum Gasteiger partial charge on any atom is -0.377 e. The fourth-order valence-corrected chi connectivity index (χ4v) is 2.70. The van der Waals surface area contributed by atoms with E-state index >= 15 is 0 Å². The lowest BCUT2D eigenvalue weighted by atomic mass is 9.86. The van der Waals surface area contributed by atoms with Crippen LogP contribution in [-0.2, 0) is 19.2 Å². The zero-order chi connectivity index (χ0) is 12.4. The maximum Gasteiger partial charge on any atom is 0.336 e. The first-order chi connectivity index (χ1) is 7.27. The standard InChI is InChI=1S/C10H21NO4S/c1-8(2)5-15-16(12,13)11-10(9(3)4)6-14-7-10/h8-9,11H,5-7H2,1-4H3. The highest BCUT2D eigenvalue weighted by molar-refractivity contribution is 7.84. The molecule has 96 valence electrons. The summed E-state index contributed by atoms with van der Waals surface area (Å²) in [6, 6.07) is 0. The van der Waals surface area contributed by atoms with Gasteiger partial charge in [-0.2, -0.15) is 13.1 Å². The molecule has 1 rings (SSSR count). The zero-order valence-electron chi connectivity index (χ0n) is 10.3. The summed E-state index contributed by atoms with van der Waals surface area (Å²) < 4.78 is 35.9. The predicted molar refractivity (Wildman–Crippen MR) is 61.2 cm³/mol. The molecule has 1 fully saturated rings. The third-order valence-electron chi connectivity index (χ3n) is 2.71.